The minimum Gasteiger partial charge on any atom is -0.453 e. The molecule has 66 heavy (non-hydrogen) atoms. The molecule has 0 radical (unpaired) electrons. The van der Waals surface area contributed by atoms with Crippen molar-refractivity contribution in [3.05, 3.63) is 236 Å². The smallest absolute Gasteiger partial charge is 0.151 e. The number of nitrogens with zero attached hydrogens (tertiary/aromatic N) is 2. The molecule has 0 aromatic heterocycles. The van der Waals surface area contributed by atoms with Gasteiger partial charge in [-0.2, -0.15) is 0 Å². The molecule has 4 heteroatoms. The van der Waals surface area contributed by atoms with Crippen LogP contribution in [0.1, 0.15) is 11.1 Å². The third-order valence-corrected chi connectivity index (χ3v) is 13.7. The summed E-state index contributed by atoms with van der Waals surface area (Å²) in [6.07, 6.45) is 0. The predicted octanol–water partition coefficient (Wildman–Crippen LogP) is 17.7. The normalized spacial score (nSPS) is 13.1. The third-order valence-electron chi connectivity index (χ3n) is 13.7. The van der Waals surface area contributed by atoms with Gasteiger partial charge < -0.3 is 19.3 Å². The Labute approximate surface area is 382 Å². The Balaban J connectivity index is 1.10. The van der Waals surface area contributed by atoms with Gasteiger partial charge in [0, 0.05) is 11.4 Å². The van der Waals surface area contributed by atoms with E-state index in [2.05, 4.69) is 211 Å². The summed E-state index contributed by atoms with van der Waals surface area (Å²) in [4.78, 5) is 4.69. The minimum atomic E-state index is 0.820. The molecular weight excluding hydrogens is 805 g/mol. The second-order valence-electron chi connectivity index (χ2n) is 17.3. The van der Waals surface area contributed by atoms with Gasteiger partial charge in [-0.05, 0) is 167 Å². The highest BCUT2D eigenvalue weighted by atomic mass is 16.5. The topological polar surface area (TPSA) is 24.9 Å². The van der Waals surface area contributed by atoms with Gasteiger partial charge in [0.1, 0.15) is 0 Å². The van der Waals surface area contributed by atoms with Gasteiger partial charge >= 0.3 is 0 Å². The Hall–Kier alpha value is -8.86. The van der Waals surface area contributed by atoms with Crippen LogP contribution in [0, 0.1) is 0 Å². The molecule has 3 aliphatic rings. The summed E-state index contributed by atoms with van der Waals surface area (Å²) in [5, 5.41) is 7.02. The first kappa shape index (κ1) is 36.6. The van der Waals surface area contributed by atoms with Crippen molar-refractivity contribution in [1.29, 1.82) is 0 Å². The monoisotopic (exact) mass is 842 g/mol. The van der Waals surface area contributed by atoms with Gasteiger partial charge in [0.2, 0.25) is 0 Å². The fourth-order valence-electron chi connectivity index (χ4n) is 10.7. The van der Waals surface area contributed by atoms with Crippen LogP contribution in [0.25, 0.3) is 71.3 Å². The summed E-state index contributed by atoms with van der Waals surface area (Å²) in [5.74, 6) is 3.28. The zero-order chi connectivity index (χ0) is 43.5. The maximum absolute atomic E-state index is 6.51. The fourth-order valence-corrected chi connectivity index (χ4v) is 10.7. The first-order valence-corrected chi connectivity index (χ1v) is 22.4. The van der Waals surface area contributed by atoms with E-state index in [1.807, 2.05) is 24.3 Å². The number of ether oxygens (including phenoxy) is 2. The van der Waals surface area contributed by atoms with E-state index in [9.17, 15) is 0 Å². The summed E-state index contributed by atoms with van der Waals surface area (Å²) in [7, 11) is 0. The molecule has 14 rings (SSSR count). The van der Waals surface area contributed by atoms with Gasteiger partial charge in [-0.3, -0.25) is 0 Å². The Morgan fingerprint density at radius 1 is 0.303 bits per heavy atom. The van der Waals surface area contributed by atoms with Crippen LogP contribution in [0.2, 0.25) is 0 Å². The molecule has 11 aromatic rings. The lowest BCUT2D eigenvalue weighted by atomic mass is 9.84. The van der Waals surface area contributed by atoms with Crippen LogP contribution in [0.4, 0.5) is 34.1 Å². The number of hydrogen-bond donors (Lipinski definition) is 0. The predicted molar refractivity (Wildman–Crippen MR) is 273 cm³/mol. The average molecular weight is 843 g/mol. The minimum absolute atomic E-state index is 0.820. The van der Waals surface area contributed by atoms with Crippen LogP contribution in [0.3, 0.4) is 0 Å². The highest BCUT2D eigenvalue weighted by Gasteiger charge is 2.30. The fraction of sp³-hybridized carbons (Fsp3) is 0. The lowest BCUT2D eigenvalue weighted by Crippen LogP contribution is -2.16. The molecule has 0 bridgehead atoms. The van der Waals surface area contributed by atoms with Crippen molar-refractivity contribution in [2.45, 2.75) is 0 Å². The Morgan fingerprint density at radius 2 is 0.727 bits per heavy atom. The van der Waals surface area contributed by atoms with E-state index in [0.29, 0.717) is 0 Å². The van der Waals surface area contributed by atoms with Crippen LogP contribution in [0.5, 0.6) is 23.0 Å². The highest BCUT2D eigenvalue weighted by molar-refractivity contribution is 6.23. The van der Waals surface area contributed by atoms with Crippen molar-refractivity contribution >= 4 is 72.0 Å². The van der Waals surface area contributed by atoms with Gasteiger partial charge in [0.25, 0.3) is 0 Å². The van der Waals surface area contributed by atoms with Gasteiger partial charge in [-0.25, -0.2) is 0 Å². The molecule has 0 saturated heterocycles. The van der Waals surface area contributed by atoms with Crippen molar-refractivity contribution < 1.29 is 9.47 Å². The van der Waals surface area contributed by atoms with Crippen molar-refractivity contribution in [3.8, 4) is 56.4 Å². The van der Waals surface area contributed by atoms with E-state index in [0.717, 1.165) is 84.6 Å². The lowest BCUT2D eigenvalue weighted by Gasteiger charge is -2.33. The number of para-hydroxylation sites is 8. The molecule has 11 aromatic carbocycles. The summed E-state index contributed by atoms with van der Waals surface area (Å²) in [6.45, 7) is 4.64. The molecular formula is C62H38N2O2. The second kappa shape index (κ2) is 14.1. The van der Waals surface area contributed by atoms with E-state index in [1.54, 1.807) is 0 Å². The Morgan fingerprint density at radius 3 is 1.29 bits per heavy atom. The maximum Gasteiger partial charge on any atom is 0.151 e. The summed E-state index contributed by atoms with van der Waals surface area (Å²) in [6, 6.07) is 78.4. The van der Waals surface area contributed by atoms with Crippen LogP contribution >= 0.6 is 0 Å². The molecule has 0 saturated carbocycles. The average Bonchev–Trinajstić information content (AvgIpc) is 3.66. The lowest BCUT2D eigenvalue weighted by molar-refractivity contribution is 0.477. The summed E-state index contributed by atoms with van der Waals surface area (Å²) >= 11 is 0. The molecule has 2 aliphatic heterocycles. The van der Waals surface area contributed by atoms with Gasteiger partial charge in [0.15, 0.2) is 23.0 Å². The van der Waals surface area contributed by atoms with E-state index >= 15 is 0 Å². The molecule has 0 amide bonds. The molecule has 0 atom stereocenters. The molecule has 0 N–H and O–H groups in total. The Bertz CT molecular complexity index is 3640. The molecule has 0 spiro atoms. The SMILES string of the molecule is C=C1c2ccccc2-c2ccc(-c3c4ccc(N5c6ccccc6Oc6ccccc65)cc4c(-c4ccc5ccccc5c4)c4cc(N5c6ccccc6Oc6ccccc65)ccc34)cc21. The van der Waals surface area contributed by atoms with E-state index in [1.165, 1.54) is 54.9 Å². The molecule has 0 unspecified atom stereocenters. The quantitative estimate of drug-likeness (QED) is 0.165. The van der Waals surface area contributed by atoms with Crippen molar-refractivity contribution in [2.24, 2.45) is 0 Å². The number of hydrogen-bond acceptors (Lipinski definition) is 4. The van der Waals surface area contributed by atoms with Gasteiger partial charge in [-0.1, -0.05) is 140 Å². The van der Waals surface area contributed by atoms with Crippen molar-refractivity contribution in [3.63, 3.8) is 0 Å². The van der Waals surface area contributed by atoms with Crippen molar-refractivity contribution in [1.82, 2.24) is 0 Å². The van der Waals surface area contributed by atoms with E-state index in [-0.39, 0.29) is 0 Å². The number of benzene rings is 11. The largest absolute Gasteiger partial charge is 0.453 e. The zero-order valence-corrected chi connectivity index (χ0v) is 35.7. The Kier molecular flexibility index (Phi) is 7.80. The number of rotatable bonds is 4. The molecule has 0 fully saturated rings. The number of fused-ring (bicyclic) bond motifs is 10. The van der Waals surface area contributed by atoms with Gasteiger partial charge in [-0.15, -0.1) is 0 Å². The second-order valence-corrected chi connectivity index (χ2v) is 17.3. The maximum atomic E-state index is 6.51. The van der Waals surface area contributed by atoms with E-state index < -0.39 is 0 Å². The van der Waals surface area contributed by atoms with E-state index in [4.69, 9.17) is 9.47 Å². The summed E-state index contributed by atoms with van der Waals surface area (Å²) in [5.41, 5.74) is 16.6. The standard InChI is InChI=1S/C62H38N2O2/c1-38-45-16-4-5-17-46(45)47-31-28-42(35-50(38)47)61-48-32-29-43(63-53-18-6-10-22-57(53)65-58-23-11-7-19-54(58)63)36-51(48)62(41-27-26-39-14-2-3-15-40(39)34-41)52-37-44(30-33-49(52)61)64-55-20-8-12-24-59(55)66-60-25-13-9-21-56(60)64/h2-37H,1H2. The molecule has 1 aliphatic carbocycles. The zero-order valence-electron chi connectivity index (χ0n) is 35.7. The first-order valence-electron chi connectivity index (χ1n) is 22.4. The van der Waals surface area contributed by atoms with Crippen LogP contribution < -0.4 is 19.3 Å². The van der Waals surface area contributed by atoms with Crippen molar-refractivity contribution in [2.75, 3.05) is 9.80 Å². The molecule has 308 valence electrons. The van der Waals surface area contributed by atoms with Gasteiger partial charge in [0.05, 0.1) is 22.7 Å². The molecule has 2 heterocycles. The highest BCUT2D eigenvalue weighted by Crippen LogP contribution is 2.55. The van der Waals surface area contributed by atoms with Crippen LogP contribution in [0.15, 0.2) is 225 Å². The number of anilines is 6. The molecule has 4 nitrogen and oxygen atoms in total. The van der Waals surface area contributed by atoms with Crippen LogP contribution in [-0.2, 0) is 0 Å². The van der Waals surface area contributed by atoms with Crippen LogP contribution in [-0.4, -0.2) is 0 Å². The summed E-state index contributed by atoms with van der Waals surface area (Å²) < 4.78 is 13.0. The third kappa shape index (κ3) is 5.39. The first-order chi connectivity index (χ1) is 32.6.